The quantitative estimate of drug-likeness (QED) is 0.889. The smallest absolute Gasteiger partial charge is 0.162 e. The molecule has 0 radical (unpaired) electrons. The van der Waals surface area contributed by atoms with E-state index in [0.29, 0.717) is 18.0 Å². The first-order chi connectivity index (χ1) is 8.64. The number of hydrogen-bond donors (Lipinski definition) is 1. The molecule has 18 heavy (non-hydrogen) atoms. The number of ether oxygens (including phenoxy) is 2. The van der Waals surface area contributed by atoms with Gasteiger partial charge in [0.2, 0.25) is 0 Å². The molecule has 3 heteroatoms. The molecule has 2 atom stereocenters. The topological polar surface area (TPSA) is 30.5 Å². The van der Waals surface area contributed by atoms with Crippen LogP contribution in [0.15, 0.2) is 30.3 Å². The van der Waals surface area contributed by atoms with Crippen molar-refractivity contribution in [1.82, 2.24) is 5.32 Å². The van der Waals surface area contributed by atoms with E-state index in [1.165, 1.54) is 12.0 Å². The molecular formula is C15H21NO2. The molecule has 1 aliphatic heterocycles. The Morgan fingerprint density at radius 2 is 1.78 bits per heavy atom. The molecule has 2 unspecified atom stereocenters. The molecule has 0 amide bonds. The Morgan fingerprint density at radius 3 is 2.44 bits per heavy atom. The fraction of sp³-hybridized carbons (Fsp3) is 0.600. The predicted octanol–water partition coefficient (Wildman–Crippen LogP) is 2.28. The summed E-state index contributed by atoms with van der Waals surface area (Å²) in [7, 11) is 0. The summed E-state index contributed by atoms with van der Waals surface area (Å²) >= 11 is 0. The fourth-order valence-corrected chi connectivity index (χ4v) is 2.54. The van der Waals surface area contributed by atoms with Gasteiger partial charge in [-0.2, -0.15) is 0 Å². The highest BCUT2D eigenvalue weighted by Crippen LogP contribution is 2.41. The molecule has 3 nitrogen and oxygen atoms in total. The van der Waals surface area contributed by atoms with Gasteiger partial charge in [-0.3, -0.25) is 0 Å². The average molecular weight is 247 g/mol. The lowest BCUT2D eigenvalue weighted by Crippen LogP contribution is -2.49. The van der Waals surface area contributed by atoms with Gasteiger partial charge >= 0.3 is 0 Å². The lowest BCUT2D eigenvalue weighted by Gasteiger charge is -2.35. The third-order valence-electron chi connectivity index (χ3n) is 3.73. The zero-order chi connectivity index (χ0) is 12.6. The summed E-state index contributed by atoms with van der Waals surface area (Å²) in [4.78, 5) is 0. The Labute approximate surface area is 108 Å². The average Bonchev–Trinajstić information content (AvgIpc) is 3.12. The van der Waals surface area contributed by atoms with E-state index in [1.54, 1.807) is 0 Å². The summed E-state index contributed by atoms with van der Waals surface area (Å²) in [5.41, 5.74) is 1.44. The van der Waals surface area contributed by atoms with E-state index in [4.69, 9.17) is 9.47 Å². The number of rotatable bonds is 3. The Balaban J connectivity index is 1.49. The van der Waals surface area contributed by atoms with Crippen LogP contribution in [-0.4, -0.2) is 31.1 Å². The van der Waals surface area contributed by atoms with Crippen molar-refractivity contribution in [3.8, 4) is 0 Å². The van der Waals surface area contributed by atoms with Gasteiger partial charge in [-0.05, 0) is 25.8 Å². The van der Waals surface area contributed by atoms with Crippen LogP contribution in [0.5, 0.6) is 0 Å². The molecule has 0 spiro atoms. The van der Waals surface area contributed by atoms with Crippen LogP contribution in [0.25, 0.3) is 0 Å². The van der Waals surface area contributed by atoms with Crippen molar-refractivity contribution >= 4 is 0 Å². The summed E-state index contributed by atoms with van der Waals surface area (Å²) in [6, 6.07) is 11.6. The van der Waals surface area contributed by atoms with Gasteiger partial charge in [-0.25, -0.2) is 0 Å². The molecule has 1 N–H and O–H groups in total. The lowest BCUT2D eigenvalue weighted by atomic mass is 10.1. The molecule has 1 heterocycles. The number of nitrogens with one attached hydrogen (secondary N) is 1. The molecule has 0 aromatic heterocycles. The van der Waals surface area contributed by atoms with E-state index in [0.717, 1.165) is 13.2 Å². The van der Waals surface area contributed by atoms with E-state index >= 15 is 0 Å². The van der Waals surface area contributed by atoms with E-state index in [2.05, 4.69) is 35.6 Å². The zero-order valence-electron chi connectivity index (χ0n) is 11.1. The minimum atomic E-state index is -0.416. The highest BCUT2D eigenvalue weighted by atomic mass is 16.7. The molecule has 3 rings (SSSR count). The van der Waals surface area contributed by atoms with Crippen LogP contribution in [0.4, 0.5) is 0 Å². The highest BCUT2D eigenvalue weighted by Gasteiger charge is 2.40. The van der Waals surface area contributed by atoms with Crippen LogP contribution in [0.2, 0.25) is 0 Å². The van der Waals surface area contributed by atoms with Gasteiger partial charge in [0.25, 0.3) is 0 Å². The Bertz CT molecular complexity index is 394. The van der Waals surface area contributed by atoms with Crippen molar-refractivity contribution in [2.75, 3.05) is 13.2 Å². The van der Waals surface area contributed by atoms with Crippen molar-refractivity contribution in [3.05, 3.63) is 35.9 Å². The van der Waals surface area contributed by atoms with Gasteiger partial charge in [0.05, 0.1) is 19.3 Å². The minimum Gasteiger partial charge on any atom is -0.349 e. The van der Waals surface area contributed by atoms with Crippen LogP contribution in [-0.2, 0) is 9.47 Å². The summed E-state index contributed by atoms with van der Waals surface area (Å²) in [5.74, 6) is 0.252. The SMILES string of the molecule is CC1(C)OCC(NC2CC2c2ccccc2)CO1. The molecular weight excluding hydrogens is 226 g/mol. The highest BCUT2D eigenvalue weighted by molar-refractivity contribution is 5.27. The molecule has 1 aliphatic carbocycles. The second-order valence-electron chi connectivity index (χ2n) is 5.74. The van der Waals surface area contributed by atoms with E-state index < -0.39 is 5.79 Å². The lowest BCUT2D eigenvalue weighted by molar-refractivity contribution is -0.253. The standard InChI is InChI=1S/C15H21NO2/c1-15(2)17-9-12(10-18-15)16-14-8-13(14)11-6-4-3-5-7-11/h3-7,12-14,16H,8-10H2,1-2H3. The molecule has 2 fully saturated rings. The molecule has 2 aliphatic rings. The maximum Gasteiger partial charge on any atom is 0.162 e. The predicted molar refractivity (Wildman–Crippen MR) is 70.5 cm³/mol. The maximum absolute atomic E-state index is 5.66. The first-order valence-corrected chi connectivity index (χ1v) is 6.73. The maximum atomic E-state index is 5.66. The third-order valence-corrected chi connectivity index (χ3v) is 3.73. The Morgan fingerprint density at radius 1 is 1.11 bits per heavy atom. The van der Waals surface area contributed by atoms with Crippen LogP contribution in [0.1, 0.15) is 31.7 Å². The minimum absolute atomic E-state index is 0.330. The Hall–Kier alpha value is -0.900. The van der Waals surface area contributed by atoms with E-state index in [-0.39, 0.29) is 0 Å². The van der Waals surface area contributed by atoms with Crippen LogP contribution in [0.3, 0.4) is 0 Å². The van der Waals surface area contributed by atoms with Gasteiger partial charge in [0.15, 0.2) is 5.79 Å². The molecule has 1 aromatic carbocycles. The van der Waals surface area contributed by atoms with Crippen molar-refractivity contribution in [1.29, 1.82) is 0 Å². The van der Waals surface area contributed by atoms with Crippen molar-refractivity contribution in [2.45, 2.75) is 44.1 Å². The van der Waals surface area contributed by atoms with Gasteiger partial charge in [0, 0.05) is 12.0 Å². The van der Waals surface area contributed by atoms with Crippen LogP contribution in [0, 0.1) is 0 Å². The van der Waals surface area contributed by atoms with E-state index in [9.17, 15) is 0 Å². The third kappa shape index (κ3) is 2.74. The molecule has 0 bridgehead atoms. The first-order valence-electron chi connectivity index (χ1n) is 6.73. The van der Waals surface area contributed by atoms with E-state index in [1.807, 2.05) is 13.8 Å². The summed E-state index contributed by atoms with van der Waals surface area (Å²) < 4.78 is 11.3. The van der Waals surface area contributed by atoms with Gasteiger partial charge in [-0.15, -0.1) is 0 Å². The molecule has 1 saturated carbocycles. The number of benzene rings is 1. The molecule has 1 saturated heterocycles. The second kappa shape index (κ2) is 4.65. The molecule has 98 valence electrons. The second-order valence-corrected chi connectivity index (χ2v) is 5.74. The Kier molecular flexibility index (Phi) is 3.14. The van der Waals surface area contributed by atoms with Gasteiger partial charge in [0.1, 0.15) is 0 Å². The van der Waals surface area contributed by atoms with Gasteiger partial charge < -0.3 is 14.8 Å². The summed E-state index contributed by atoms with van der Waals surface area (Å²) in [5, 5.41) is 3.63. The zero-order valence-corrected chi connectivity index (χ0v) is 11.1. The van der Waals surface area contributed by atoms with Gasteiger partial charge in [-0.1, -0.05) is 30.3 Å². The molecule has 1 aromatic rings. The van der Waals surface area contributed by atoms with Crippen LogP contribution >= 0.6 is 0 Å². The normalized spacial score (nSPS) is 31.2. The van der Waals surface area contributed by atoms with Crippen molar-refractivity contribution in [2.24, 2.45) is 0 Å². The van der Waals surface area contributed by atoms with Crippen molar-refractivity contribution in [3.63, 3.8) is 0 Å². The number of hydrogen-bond acceptors (Lipinski definition) is 3. The fourth-order valence-electron chi connectivity index (χ4n) is 2.54. The largest absolute Gasteiger partial charge is 0.349 e. The first kappa shape index (κ1) is 12.2. The summed E-state index contributed by atoms with van der Waals surface area (Å²) in [6.07, 6.45) is 1.23. The van der Waals surface area contributed by atoms with Crippen LogP contribution < -0.4 is 5.32 Å². The van der Waals surface area contributed by atoms with Crippen molar-refractivity contribution < 1.29 is 9.47 Å². The monoisotopic (exact) mass is 247 g/mol. The summed E-state index contributed by atoms with van der Waals surface area (Å²) in [6.45, 7) is 5.41.